The molecular weight excluding hydrogens is 530 g/mol. The second kappa shape index (κ2) is 11.7. The molecule has 0 saturated carbocycles. The summed E-state index contributed by atoms with van der Waals surface area (Å²) in [4.78, 5) is 41.5. The van der Waals surface area contributed by atoms with Gasteiger partial charge in [0.15, 0.2) is 0 Å². The Kier molecular flexibility index (Phi) is 7.53. The first-order valence-corrected chi connectivity index (χ1v) is 13.8. The zero-order chi connectivity index (χ0) is 29.1. The van der Waals surface area contributed by atoms with Gasteiger partial charge in [-0.3, -0.25) is 9.59 Å². The van der Waals surface area contributed by atoms with Crippen molar-refractivity contribution in [2.24, 2.45) is 0 Å². The summed E-state index contributed by atoms with van der Waals surface area (Å²) in [5, 5.41) is 6.40. The van der Waals surface area contributed by atoms with Crippen molar-refractivity contribution in [3.63, 3.8) is 0 Å². The van der Waals surface area contributed by atoms with Gasteiger partial charge in [0.25, 0.3) is 11.8 Å². The SMILES string of the molecule is CCOC(=O)C1=C(c2ccccc2)N2C(=O)C(NC(=O)c3ccccc3)[C@H](c3ccccc3)N2[C@@H]1/C=C/c1ccco1. The fourth-order valence-electron chi connectivity index (χ4n) is 5.57. The van der Waals surface area contributed by atoms with Crippen molar-refractivity contribution in [2.75, 3.05) is 6.61 Å². The van der Waals surface area contributed by atoms with Crippen LogP contribution in [-0.2, 0) is 14.3 Å². The zero-order valence-corrected chi connectivity index (χ0v) is 22.9. The summed E-state index contributed by atoms with van der Waals surface area (Å²) in [7, 11) is 0. The topological polar surface area (TPSA) is 92.1 Å². The van der Waals surface area contributed by atoms with Crippen LogP contribution in [0.1, 0.15) is 40.2 Å². The zero-order valence-electron chi connectivity index (χ0n) is 22.9. The number of rotatable bonds is 8. The standard InChI is InChI=1S/C34H29N3O5/c1-2-41-34(40)28-27(21-20-26-19-12-22-42-26)36-31(24-15-8-4-9-16-24)29(35-32(38)25-17-10-5-11-18-25)33(39)37(36)30(28)23-13-6-3-7-14-23/h3-22,27,29,31H,2H2,1H3,(H,35,38)/b21-20+/t27-,29?,31+/m1/s1. The number of hydrogen-bond donors (Lipinski definition) is 1. The molecule has 1 unspecified atom stereocenters. The maximum Gasteiger partial charge on any atom is 0.338 e. The maximum atomic E-state index is 14.5. The molecule has 0 aliphatic carbocycles. The fourth-order valence-corrected chi connectivity index (χ4v) is 5.57. The van der Waals surface area contributed by atoms with Gasteiger partial charge in [0.05, 0.1) is 36.2 Å². The van der Waals surface area contributed by atoms with Gasteiger partial charge >= 0.3 is 5.97 Å². The highest BCUT2D eigenvalue weighted by atomic mass is 16.5. The quantitative estimate of drug-likeness (QED) is 0.297. The van der Waals surface area contributed by atoms with Crippen LogP contribution >= 0.6 is 0 Å². The van der Waals surface area contributed by atoms with E-state index in [4.69, 9.17) is 9.15 Å². The number of furan rings is 1. The molecule has 6 rings (SSSR count). The summed E-state index contributed by atoms with van der Waals surface area (Å²) < 4.78 is 11.1. The minimum atomic E-state index is -0.943. The third-order valence-electron chi connectivity index (χ3n) is 7.35. The van der Waals surface area contributed by atoms with Crippen LogP contribution < -0.4 is 5.32 Å². The van der Waals surface area contributed by atoms with Crippen LogP contribution in [0.25, 0.3) is 11.8 Å². The molecule has 0 bridgehead atoms. The lowest BCUT2D eigenvalue weighted by molar-refractivity contribution is -0.139. The highest BCUT2D eigenvalue weighted by molar-refractivity contribution is 6.07. The number of carbonyl (C=O) groups excluding carboxylic acids is 3. The van der Waals surface area contributed by atoms with Gasteiger partial charge in [0.2, 0.25) is 0 Å². The maximum absolute atomic E-state index is 14.5. The third kappa shape index (κ3) is 4.93. The minimum absolute atomic E-state index is 0.171. The van der Waals surface area contributed by atoms with Gasteiger partial charge in [0, 0.05) is 11.1 Å². The molecule has 2 amide bonds. The molecular formula is C34H29N3O5. The van der Waals surface area contributed by atoms with E-state index in [-0.39, 0.29) is 18.4 Å². The van der Waals surface area contributed by atoms with Crippen molar-refractivity contribution in [1.82, 2.24) is 15.3 Å². The molecule has 0 radical (unpaired) electrons. The number of nitrogens with zero attached hydrogens (tertiary/aromatic N) is 2. The first-order chi connectivity index (χ1) is 20.6. The van der Waals surface area contributed by atoms with E-state index in [2.05, 4.69) is 5.32 Å². The highest BCUT2D eigenvalue weighted by Gasteiger charge is 2.58. The normalized spacial score (nSPS) is 20.3. The Labute approximate surface area is 243 Å². The van der Waals surface area contributed by atoms with Crippen LogP contribution in [0.4, 0.5) is 0 Å². The van der Waals surface area contributed by atoms with E-state index in [9.17, 15) is 14.4 Å². The molecule has 1 N–H and O–H groups in total. The summed E-state index contributed by atoms with van der Waals surface area (Å²) in [6, 6.07) is 28.9. The van der Waals surface area contributed by atoms with Crippen LogP contribution in [0.15, 0.2) is 125 Å². The lowest BCUT2D eigenvalue weighted by atomic mass is 9.94. The van der Waals surface area contributed by atoms with Crippen molar-refractivity contribution in [1.29, 1.82) is 0 Å². The lowest BCUT2D eigenvalue weighted by Crippen LogP contribution is -2.44. The molecule has 8 nitrogen and oxygen atoms in total. The summed E-state index contributed by atoms with van der Waals surface area (Å²) in [6.45, 7) is 1.92. The molecule has 4 aromatic rings. The molecule has 2 aliphatic heterocycles. The molecule has 1 saturated heterocycles. The average molecular weight is 560 g/mol. The van der Waals surface area contributed by atoms with E-state index in [1.807, 2.05) is 83.9 Å². The second-order valence-electron chi connectivity index (χ2n) is 9.87. The predicted octanol–water partition coefficient (Wildman–Crippen LogP) is 5.25. The summed E-state index contributed by atoms with van der Waals surface area (Å²) in [5.74, 6) is -0.656. The van der Waals surface area contributed by atoms with Crippen molar-refractivity contribution in [2.45, 2.75) is 25.0 Å². The van der Waals surface area contributed by atoms with Crippen LogP contribution in [0.5, 0.6) is 0 Å². The van der Waals surface area contributed by atoms with E-state index >= 15 is 0 Å². The monoisotopic (exact) mass is 559 g/mol. The summed E-state index contributed by atoms with van der Waals surface area (Å²) in [5.41, 5.74) is 2.67. The average Bonchev–Trinajstić information content (AvgIpc) is 3.73. The second-order valence-corrected chi connectivity index (χ2v) is 9.87. The molecule has 3 heterocycles. The molecule has 2 aliphatic rings. The van der Waals surface area contributed by atoms with E-state index in [1.54, 1.807) is 49.6 Å². The number of esters is 1. The van der Waals surface area contributed by atoms with Crippen molar-refractivity contribution >= 4 is 29.6 Å². The van der Waals surface area contributed by atoms with Crippen LogP contribution in [0, 0.1) is 0 Å². The number of nitrogens with one attached hydrogen (secondary N) is 1. The van der Waals surface area contributed by atoms with E-state index in [0.29, 0.717) is 28.2 Å². The van der Waals surface area contributed by atoms with Crippen molar-refractivity contribution in [3.8, 4) is 0 Å². The predicted molar refractivity (Wildman–Crippen MR) is 157 cm³/mol. The summed E-state index contributed by atoms with van der Waals surface area (Å²) in [6.07, 6.45) is 5.18. The van der Waals surface area contributed by atoms with Crippen molar-refractivity contribution in [3.05, 3.63) is 143 Å². The molecule has 3 atom stereocenters. The number of ether oxygens (including phenoxy) is 1. The first kappa shape index (κ1) is 27.0. The van der Waals surface area contributed by atoms with Gasteiger partial charge in [-0.05, 0) is 42.8 Å². The number of amides is 2. The van der Waals surface area contributed by atoms with Gasteiger partial charge in [-0.15, -0.1) is 0 Å². The Morgan fingerprint density at radius 1 is 0.905 bits per heavy atom. The number of benzene rings is 3. The highest BCUT2D eigenvalue weighted by Crippen LogP contribution is 2.48. The fraction of sp³-hybridized carbons (Fsp3) is 0.147. The van der Waals surface area contributed by atoms with Crippen LogP contribution in [0.3, 0.4) is 0 Å². The van der Waals surface area contributed by atoms with Crippen LogP contribution in [0.2, 0.25) is 0 Å². The molecule has 42 heavy (non-hydrogen) atoms. The molecule has 210 valence electrons. The first-order valence-electron chi connectivity index (χ1n) is 13.8. The number of fused-ring (bicyclic) bond motifs is 1. The number of carbonyl (C=O) groups is 3. The molecule has 8 heteroatoms. The Morgan fingerprint density at radius 2 is 1.57 bits per heavy atom. The molecule has 0 spiro atoms. The summed E-state index contributed by atoms with van der Waals surface area (Å²) >= 11 is 0. The Bertz CT molecular complexity index is 1630. The van der Waals surface area contributed by atoms with E-state index in [1.165, 1.54) is 5.01 Å². The molecule has 3 aromatic carbocycles. The molecule has 1 aromatic heterocycles. The largest absolute Gasteiger partial charge is 0.465 e. The van der Waals surface area contributed by atoms with Gasteiger partial charge in [-0.25, -0.2) is 9.80 Å². The number of hydrogen-bond acceptors (Lipinski definition) is 6. The van der Waals surface area contributed by atoms with E-state index < -0.39 is 24.1 Å². The Hall–Kier alpha value is -5.21. The minimum Gasteiger partial charge on any atom is -0.465 e. The van der Waals surface area contributed by atoms with Crippen molar-refractivity contribution < 1.29 is 23.5 Å². The van der Waals surface area contributed by atoms with Gasteiger partial charge in [-0.2, -0.15) is 5.01 Å². The van der Waals surface area contributed by atoms with E-state index in [0.717, 1.165) is 5.56 Å². The van der Waals surface area contributed by atoms with Gasteiger partial charge in [0.1, 0.15) is 11.8 Å². The Morgan fingerprint density at radius 3 is 2.21 bits per heavy atom. The van der Waals surface area contributed by atoms with Gasteiger partial charge < -0.3 is 14.5 Å². The lowest BCUT2D eigenvalue weighted by Gasteiger charge is -2.31. The van der Waals surface area contributed by atoms with Crippen LogP contribution in [-0.4, -0.2) is 46.5 Å². The third-order valence-corrected chi connectivity index (χ3v) is 7.35. The Balaban J connectivity index is 1.53. The van der Waals surface area contributed by atoms with Gasteiger partial charge in [-0.1, -0.05) is 84.9 Å². The number of hydrazine groups is 1. The molecule has 1 fully saturated rings. The smallest absolute Gasteiger partial charge is 0.338 e.